The van der Waals surface area contributed by atoms with Crippen LogP contribution < -0.4 is 0 Å². The van der Waals surface area contributed by atoms with Crippen molar-refractivity contribution in [1.29, 1.82) is 0 Å². The summed E-state index contributed by atoms with van der Waals surface area (Å²) >= 11 is 1.51. The van der Waals surface area contributed by atoms with E-state index in [-0.39, 0.29) is 35.0 Å². The third kappa shape index (κ3) is 10.3. The molecule has 0 aromatic rings. The van der Waals surface area contributed by atoms with Gasteiger partial charge in [0.2, 0.25) is 0 Å². The van der Waals surface area contributed by atoms with E-state index in [9.17, 15) is 9.59 Å². The Morgan fingerprint density at radius 3 is 1.54 bits per heavy atom. The van der Waals surface area contributed by atoms with Crippen molar-refractivity contribution in [2.45, 2.75) is 26.7 Å². The summed E-state index contributed by atoms with van der Waals surface area (Å²) in [5.74, 6) is -0.667. The highest BCUT2D eigenvalue weighted by Gasteiger charge is 2.03. The SMILES string of the molecule is CCC(=O)OSSOC(=O)CC.[MgH2]. The molecule has 0 saturated heterocycles. The average Bonchev–Trinajstić information content (AvgIpc) is 2.11. The zero-order valence-electron chi connectivity index (χ0n) is 6.86. The standard InChI is InChI=1S/C6H10O4S2.Mg.2H/c1-3-5(7)9-11-12-10-6(8)4-2;;;/h3-4H2,1-2H3;;;. The van der Waals surface area contributed by atoms with Gasteiger partial charge in [0.1, 0.15) is 0 Å². The van der Waals surface area contributed by atoms with Gasteiger partial charge in [-0.1, -0.05) is 13.8 Å². The van der Waals surface area contributed by atoms with Crippen LogP contribution in [0.25, 0.3) is 0 Å². The number of rotatable bonds is 5. The third-order valence-corrected chi connectivity index (χ3v) is 2.00. The molecule has 0 N–H and O–H groups in total. The molecule has 0 atom stereocenters. The van der Waals surface area contributed by atoms with Gasteiger partial charge in [-0.3, -0.25) is 9.59 Å². The zero-order valence-corrected chi connectivity index (χ0v) is 8.50. The van der Waals surface area contributed by atoms with Crippen LogP contribution in [0.15, 0.2) is 0 Å². The smallest absolute Gasteiger partial charge is 0.318 e. The molecule has 0 aromatic heterocycles. The molecular formula is C6H12MgO4S2. The second-order valence-electron chi connectivity index (χ2n) is 1.75. The van der Waals surface area contributed by atoms with Crippen LogP contribution in [0, 0.1) is 0 Å². The Bertz CT molecular complexity index is 147. The largest absolute Gasteiger partial charge is 0.376 e. The van der Waals surface area contributed by atoms with Gasteiger partial charge in [0, 0.05) is 12.8 Å². The van der Waals surface area contributed by atoms with E-state index in [1.165, 1.54) is 0 Å². The maximum Gasteiger partial charge on any atom is 0.318 e. The predicted molar refractivity (Wildman–Crippen MR) is 56.5 cm³/mol. The van der Waals surface area contributed by atoms with E-state index >= 15 is 0 Å². The summed E-state index contributed by atoms with van der Waals surface area (Å²) in [5.41, 5.74) is 0. The van der Waals surface area contributed by atoms with Crippen molar-refractivity contribution in [1.82, 2.24) is 0 Å². The number of hydrogen-bond acceptors (Lipinski definition) is 6. The van der Waals surface area contributed by atoms with Crippen LogP contribution in [0.2, 0.25) is 0 Å². The van der Waals surface area contributed by atoms with E-state index in [0.717, 1.165) is 22.1 Å². The van der Waals surface area contributed by atoms with Crippen LogP contribution in [-0.2, 0) is 18.0 Å². The van der Waals surface area contributed by atoms with Crippen LogP contribution in [0.4, 0.5) is 0 Å². The monoisotopic (exact) mass is 236 g/mol. The minimum Gasteiger partial charge on any atom is -0.376 e. The van der Waals surface area contributed by atoms with Crippen LogP contribution in [0.1, 0.15) is 26.7 Å². The van der Waals surface area contributed by atoms with Gasteiger partial charge in [0.05, 0.1) is 0 Å². The van der Waals surface area contributed by atoms with E-state index in [1.807, 2.05) is 0 Å². The van der Waals surface area contributed by atoms with E-state index in [2.05, 4.69) is 8.37 Å². The van der Waals surface area contributed by atoms with Crippen molar-refractivity contribution in [3.05, 3.63) is 0 Å². The Labute approximate surface area is 101 Å². The molecule has 0 aromatic carbocycles. The maximum absolute atomic E-state index is 10.5. The molecule has 13 heavy (non-hydrogen) atoms. The van der Waals surface area contributed by atoms with Gasteiger partial charge in [-0.05, 0) is 0 Å². The van der Waals surface area contributed by atoms with Gasteiger partial charge in [0.25, 0.3) is 0 Å². The first-order chi connectivity index (χ1) is 5.70. The first-order valence-corrected chi connectivity index (χ1v) is 5.44. The maximum atomic E-state index is 10.5. The lowest BCUT2D eigenvalue weighted by Crippen LogP contribution is -1.96. The highest BCUT2D eigenvalue weighted by atomic mass is 33.1. The van der Waals surface area contributed by atoms with Gasteiger partial charge in [-0.2, -0.15) is 0 Å². The molecule has 0 spiro atoms. The van der Waals surface area contributed by atoms with Crippen LogP contribution in [0.5, 0.6) is 0 Å². The molecule has 0 saturated carbocycles. The lowest BCUT2D eigenvalue weighted by atomic mass is 10.5. The minimum atomic E-state index is -0.333. The highest BCUT2D eigenvalue weighted by Crippen LogP contribution is 2.24. The topological polar surface area (TPSA) is 52.6 Å². The van der Waals surface area contributed by atoms with Gasteiger partial charge in [-0.25, -0.2) is 0 Å². The lowest BCUT2D eigenvalue weighted by molar-refractivity contribution is -0.133. The molecule has 0 amide bonds. The number of hydrogen-bond donors (Lipinski definition) is 0. The molecule has 0 aliphatic carbocycles. The molecule has 7 heteroatoms. The van der Waals surface area contributed by atoms with Gasteiger partial charge < -0.3 is 8.37 Å². The van der Waals surface area contributed by atoms with Crippen LogP contribution in [0.3, 0.4) is 0 Å². The van der Waals surface area contributed by atoms with E-state index < -0.39 is 0 Å². The molecule has 0 aliphatic heterocycles. The summed E-state index contributed by atoms with van der Waals surface area (Å²) in [6, 6.07) is 0. The quantitative estimate of drug-likeness (QED) is 0.309. The Hall–Kier alpha value is 0.406. The molecule has 0 radical (unpaired) electrons. The van der Waals surface area contributed by atoms with Crippen molar-refractivity contribution in [2.24, 2.45) is 0 Å². The van der Waals surface area contributed by atoms with Crippen LogP contribution in [-0.4, -0.2) is 35.0 Å². The Morgan fingerprint density at radius 1 is 1.00 bits per heavy atom. The number of carbonyl (C=O) groups excluding carboxylic acids is 2. The van der Waals surface area contributed by atoms with Crippen molar-refractivity contribution < 1.29 is 18.0 Å². The second-order valence-corrected chi connectivity index (χ2v) is 3.18. The lowest BCUT2D eigenvalue weighted by Gasteiger charge is -1.98. The first-order valence-electron chi connectivity index (χ1n) is 3.44. The first kappa shape index (κ1) is 15.9. The van der Waals surface area contributed by atoms with Gasteiger partial charge in [0.15, 0.2) is 22.1 Å². The van der Waals surface area contributed by atoms with E-state index in [1.54, 1.807) is 13.8 Å². The van der Waals surface area contributed by atoms with Crippen molar-refractivity contribution >= 4 is 57.1 Å². The summed E-state index contributed by atoms with van der Waals surface area (Å²) in [6.07, 6.45) is 0.630. The fourth-order valence-corrected chi connectivity index (χ4v) is 1.29. The Balaban J connectivity index is 0. The normalized spacial score (nSPS) is 8.46. The Morgan fingerprint density at radius 2 is 1.31 bits per heavy atom. The molecule has 74 valence electrons. The van der Waals surface area contributed by atoms with E-state index in [0.29, 0.717) is 12.8 Å². The van der Waals surface area contributed by atoms with Crippen LogP contribution >= 0.6 is 22.1 Å². The highest BCUT2D eigenvalue weighted by molar-refractivity contribution is 8.73. The van der Waals surface area contributed by atoms with Gasteiger partial charge >= 0.3 is 35.0 Å². The van der Waals surface area contributed by atoms with Crippen molar-refractivity contribution in [3.8, 4) is 0 Å². The van der Waals surface area contributed by atoms with Crippen molar-refractivity contribution in [2.75, 3.05) is 0 Å². The molecule has 0 fully saturated rings. The minimum absolute atomic E-state index is 0. The molecular weight excluding hydrogens is 225 g/mol. The average molecular weight is 237 g/mol. The molecule has 0 bridgehead atoms. The summed E-state index contributed by atoms with van der Waals surface area (Å²) in [4.78, 5) is 21.1. The second kappa shape index (κ2) is 10.5. The summed E-state index contributed by atoms with van der Waals surface area (Å²) in [6.45, 7) is 3.37. The molecule has 0 unspecified atom stereocenters. The fourth-order valence-electron chi connectivity index (χ4n) is 0.222. The predicted octanol–water partition coefficient (Wildman–Crippen LogP) is 1.19. The zero-order chi connectivity index (χ0) is 9.40. The summed E-state index contributed by atoms with van der Waals surface area (Å²) in [5, 5.41) is 0. The number of carbonyl (C=O) groups is 2. The molecule has 0 heterocycles. The van der Waals surface area contributed by atoms with Crippen molar-refractivity contribution in [3.63, 3.8) is 0 Å². The molecule has 4 nitrogen and oxygen atoms in total. The third-order valence-electron chi connectivity index (χ3n) is 0.859. The summed E-state index contributed by atoms with van der Waals surface area (Å²) < 4.78 is 9.10. The Kier molecular flexibility index (Phi) is 12.8. The summed E-state index contributed by atoms with van der Waals surface area (Å²) in [7, 11) is 0. The van der Waals surface area contributed by atoms with E-state index in [4.69, 9.17) is 0 Å². The van der Waals surface area contributed by atoms with Gasteiger partial charge in [-0.15, -0.1) is 0 Å². The molecule has 0 rings (SSSR count). The fraction of sp³-hybridized carbons (Fsp3) is 0.667. The molecule has 0 aliphatic rings.